The van der Waals surface area contributed by atoms with E-state index in [9.17, 15) is 0 Å². The van der Waals surface area contributed by atoms with Crippen molar-refractivity contribution in [1.82, 2.24) is 0 Å². The van der Waals surface area contributed by atoms with Crippen LogP contribution < -0.4 is 5.32 Å². The van der Waals surface area contributed by atoms with Crippen molar-refractivity contribution in [3.63, 3.8) is 0 Å². The average Bonchev–Trinajstić information content (AvgIpc) is 2.50. The van der Waals surface area contributed by atoms with E-state index in [-0.39, 0.29) is 0 Å². The van der Waals surface area contributed by atoms with Crippen LogP contribution in [0.3, 0.4) is 0 Å². The number of hydrogen-bond donors (Lipinski definition) is 1. The summed E-state index contributed by atoms with van der Waals surface area (Å²) in [4.78, 5) is 4.21. The van der Waals surface area contributed by atoms with Crippen molar-refractivity contribution in [3.8, 4) is 0 Å². The first-order chi connectivity index (χ1) is 5.43. The van der Waals surface area contributed by atoms with Gasteiger partial charge in [0.1, 0.15) is 6.20 Å². The molecule has 0 aromatic carbocycles. The van der Waals surface area contributed by atoms with Crippen LogP contribution in [0.4, 0.5) is 0 Å². The summed E-state index contributed by atoms with van der Waals surface area (Å²) in [5.41, 5.74) is 0. The van der Waals surface area contributed by atoms with Gasteiger partial charge in [0.2, 0.25) is 5.84 Å². The molecule has 1 heterocycles. The van der Waals surface area contributed by atoms with Crippen molar-refractivity contribution in [1.29, 1.82) is 0 Å². The van der Waals surface area contributed by atoms with E-state index in [4.69, 9.17) is 0 Å². The topological polar surface area (TPSA) is 29.0 Å². The van der Waals surface area contributed by atoms with Gasteiger partial charge in [0.15, 0.2) is 0 Å². The van der Waals surface area contributed by atoms with Crippen LogP contribution in [0.1, 0.15) is 39.0 Å². The molecule has 2 nitrogen and oxygen atoms in total. The molecule has 0 bridgehead atoms. The van der Waals surface area contributed by atoms with Crippen LogP contribution in [0.15, 0.2) is 17.4 Å². The Morgan fingerprint density at radius 2 is 2.27 bits per heavy atom. The third kappa shape index (κ3) is 3.33. The molecule has 0 aromatic rings. The molecule has 0 spiro atoms. The van der Waals surface area contributed by atoms with Gasteiger partial charge in [-0.2, -0.15) is 0 Å². The summed E-state index contributed by atoms with van der Waals surface area (Å²) in [7, 11) is 0. The van der Waals surface area contributed by atoms with Crippen LogP contribution in [0.5, 0.6) is 0 Å². The van der Waals surface area contributed by atoms with Crippen LogP contribution >= 0.6 is 0 Å². The summed E-state index contributed by atoms with van der Waals surface area (Å²) in [5.74, 6) is 1.25. The fourth-order valence-electron chi connectivity index (χ4n) is 1.22. The molecular formula is C9H17N2+. The number of unbranched alkanes of at least 4 members (excludes halogenated alkanes) is 3. The van der Waals surface area contributed by atoms with E-state index in [0.717, 1.165) is 6.42 Å². The normalized spacial score (nSPS) is 15.5. The van der Waals surface area contributed by atoms with E-state index in [1.807, 2.05) is 12.4 Å². The van der Waals surface area contributed by atoms with E-state index in [1.165, 1.54) is 31.5 Å². The summed E-state index contributed by atoms with van der Waals surface area (Å²) < 4.78 is 0. The van der Waals surface area contributed by atoms with Crippen LogP contribution in [-0.2, 0) is 0 Å². The minimum Gasteiger partial charge on any atom is -0.274 e. The van der Waals surface area contributed by atoms with Gasteiger partial charge in [-0.05, 0) is 6.42 Å². The molecule has 2 heteroatoms. The lowest BCUT2D eigenvalue weighted by Crippen LogP contribution is -2.80. The molecule has 0 fully saturated rings. The van der Waals surface area contributed by atoms with Gasteiger partial charge in [0.25, 0.3) is 0 Å². The van der Waals surface area contributed by atoms with Crippen LogP contribution in [-0.4, -0.2) is 5.84 Å². The Labute approximate surface area is 68.4 Å². The largest absolute Gasteiger partial charge is 0.274 e. The second-order valence-corrected chi connectivity index (χ2v) is 2.94. The van der Waals surface area contributed by atoms with Crippen molar-refractivity contribution in [2.75, 3.05) is 0 Å². The van der Waals surface area contributed by atoms with E-state index < -0.39 is 0 Å². The molecule has 62 valence electrons. The standard InChI is InChI=1S/C9H16N2/c1-2-3-4-5-6-9-10-7-8-11-9/h7-8H,2-6H2,1H3,(H,10,11)/p+1. The number of quaternary nitrogens is 1. The van der Waals surface area contributed by atoms with Crippen molar-refractivity contribution >= 4 is 5.84 Å². The highest BCUT2D eigenvalue weighted by atomic mass is 15.0. The monoisotopic (exact) mass is 153 g/mol. The molecule has 0 saturated carbocycles. The first kappa shape index (κ1) is 8.47. The van der Waals surface area contributed by atoms with Gasteiger partial charge in [0.05, 0.1) is 6.20 Å². The molecule has 11 heavy (non-hydrogen) atoms. The summed E-state index contributed by atoms with van der Waals surface area (Å²) >= 11 is 0. The Kier molecular flexibility index (Phi) is 3.91. The predicted molar refractivity (Wildman–Crippen MR) is 47.3 cm³/mol. The summed E-state index contributed by atoms with van der Waals surface area (Å²) in [6.45, 7) is 2.24. The highest BCUT2D eigenvalue weighted by Gasteiger charge is 2.03. The Balaban J connectivity index is 1.95. The van der Waals surface area contributed by atoms with Gasteiger partial charge in [0, 0.05) is 6.42 Å². The van der Waals surface area contributed by atoms with Gasteiger partial charge >= 0.3 is 0 Å². The van der Waals surface area contributed by atoms with Crippen LogP contribution in [0.2, 0.25) is 0 Å². The minimum absolute atomic E-state index is 1.16. The maximum Gasteiger partial charge on any atom is 0.204 e. The molecule has 1 aliphatic heterocycles. The Morgan fingerprint density at radius 3 is 2.91 bits per heavy atom. The summed E-state index contributed by atoms with van der Waals surface area (Å²) in [6.07, 6.45) is 10.4. The first-order valence-corrected chi connectivity index (χ1v) is 4.50. The minimum atomic E-state index is 1.16. The maximum absolute atomic E-state index is 4.21. The molecule has 0 radical (unpaired) electrons. The van der Waals surface area contributed by atoms with Gasteiger partial charge in [-0.3, -0.25) is 5.32 Å². The van der Waals surface area contributed by atoms with Gasteiger partial charge in [-0.25, -0.2) is 4.99 Å². The Bertz CT molecular complexity index is 159. The molecule has 0 atom stereocenters. The number of hydrogen-bond acceptors (Lipinski definition) is 1. The van der Waals surface area contributed by atoms with E-state index in [1.54, 1.807) is 0 Å². The number of nitrogens with two attached hydrogens (primary N) is 1. The second-order valence-electron chi connectivity index (χ2n) is 2.94. The third-order valence-corrected chi connectivity index (χ3v) is 1.90. The first-order valence-electron chi connectivity index (χ1n) is 4.50. The highest BCUT2D eigenvalue weighted by molar-refractivity contribution is 5.74. The lowest BCUT2D eigenvalue weighted by atomic mass is 10.1. The van der Waals surface area contributed by atoms with Gasteiger partial charge in [-0.1, -0.05) is 26.2 Å². The number of nitrogens with zero attached hydrogens (tertiary/aromatic N) is 1. The van der Waals surface area contributed by atoms with Crippen LogP contribution in [0, 0.1) is 0 Å². The molecule has 1 aliphatic rings. The molecule has 2 N–H and O–H groups in total. The number of amidine groups is 1. The molecule has 0 saturated heterocycles. The van der Waals surface area contributed by atoms with Gasteiger partial charge in [-0.15, -0.1) is 0 Å². The molecule has 1 rings (SSSR count). The third-order valence-electron chi connectivity index (χ3n) is 1.90. The van der Waals surface area contributed by atoms with E-state index >= 15 is 0 Å². The summed E-state index contributed by atoms with van der Waals surface area (Å²) in [6, 6.07) is 0. The average molecular weight is 153 g/mol. The van der Waals surface area contributed by atoms with Crippen molar-refractivity contribution in [2.24, 2.45) is 4.99 Å². The zero-order chi connectivity index (χ0) is 7.94. The molecule has 0 unspecified atom stereocenters. The lowest BCUT2D eigenvalue weighted by molar-refractivity contribution is -0.460. The fourth-order valence-corrected chi connectivity index (χ4v) is 1.22. The van der Waals surface area contributed by atoms with Crippen molar-refractivity contribution in [2.45, 2.75) is 39.0 Å². The lowest BCUT2D eigenvalue weighted by Gasteiger charge is -1.96. The van der Waals surface area contributed by atoms with E-state index in [0.29, 0.717) is 0 Å². The zero-order valence-corrected chi connectivity index (χ0v) is 7.21. The number of aliphatic imine (C=N–C) groups is 1. The molecular weight excluding hydrogens is 136 g/mol. The molecule has 0 amide bonds. The zero-order valence-electron chi connectivity index (χ0n) is 7.21. The Hall–Kier alpha value is -0.630. The van der Waals surface area contributed by atoms with Crippen molar-refractivity contribution < 1.29 is 5.32 Å². The highest BCUT2D eigenvalue weighted by Crippen LogP contribution is 2.02. The predicted octanol–water partition coefficient (Wildman–Crippen LogP) is 1.40. The number of rotatable bonds is 5. The van der Waals surface area contributed by atoms with Crippen LogP contribution in [0.25, 0.3) is 0 Å². The fraction of sp³-hybridized carbons (Fsp3) is 0.667. The SMILES string of the molecule is CCCCCCC1=NC=C[NH2+]1. The summed E-state index contributed by atoms with van der Waals surface area (Å²) in [5, 5.41) is 2.10. The van der Waals surface area contributed by atoms with Gasteiger partial charge < -0.3 is 0 Å². The maximum atomic E-state index is 4.21. The molecule has 0 aliphatic carbocycles. The quantitative estimate of drug-likeness (QED) is 0.579. The smallest absolute Gasteiger partial charge is 0.204 e. The molecule has 0 aromatic heterocycles. The second kappa shape index (κ2) is 5.08. The Morgan fingerprint density at radius 1 is 1.36 bits per heavy atom. The van der Waals surface area contributed by atoms with Crippen molar-refractivity contribution in [3.05, 3.63) is 12.4 Å². The van der Waals surface area contributed by atoms with E-state index in [2.05, 4.69) is 17.2 Å².